The Morgan fingerprint density at radius 3 is 2.41 bits per heavy atom. The number of hydrogen-bond donors (Lipinski definition) is 1. The molecule has 0 aliphatic rings. The summed E-state index contributed by atoms with van der Waals surface area (Å²) in [5.41, 5.74) is 0.217. The number of carbonyl (C=O) groups excluding carboxylic acids is 1. The van der Waals surface area contributed by atoms with E-state index in [0.717, 1.165) is 10.4 Å². The normalized spacial score (nSPS) is 10.5. The fourth-order valence-electron chi connectivity index (χ4n) is 2.65. The van der Waals surface area contributed by atoms with Crippen LogP contribution in [0.4, 0.5) is 5.69 Å². The number of rotatable bonds is 6. The van der Waals surface area contributed by atoms with E-state index in [1.165, 1.54) is 10.7 Å². The average molecular weight is 387 g/mol. The van der Waals surface area contributed by atoms with Gasteiger partial charge in [0.1, 0.15) is 18.0 Å². The van der Waals surface area contributed by atoms with Crippen molar-refractivity contribution in [3.05, 3.63) is 95.5 Å². The van der Waals surface area contributed by atoms with Crippen LogP contribution in [0.25, 0.3) is 5.82 Å². The Kier molecular flexibility index (Phi) is 5.15. The molecule has 0 atom stereocenters. The molecule has 0 bridgehead atoms. The second-order valence-corrected chi connectivity index (χ2v) is 6.13. The van der Waals surface area contributed by atoms with Crippen LogP contribution in [0.2, 0.25) is 0 Å². The first-order chi connectivity index (χ1) is 14.2. The van der Waals surface area contributed by atoms with Crippen LogP contribution in [0.5, 0.6) is 11.5 Å². The summed E-state index contributed by atoms with van der Waals surface area (Å²) in [5.74, 6) is 1.46. The molecule has 1 amide bonds. The van der Waals surface area contributed by atoms with Crippen LogP contribution in [0.3, 0.4) is 0 Å². The molecule has 4 aromatic rings. The average Bonchev–Trinajstić information content (AvgIpc) is 3.27. The Labute approximate surface area is 166 Å². The van der Waals surface area contributed by atoms with E-state index >= 15 is 0 Å². The van der Waals surface area contributed by atoms with Crippen LogP contribution in [-0.2, 0) is 11.3 Å². The van der Waals surface area contributed by atoms with Crippen LogP contribution in [0.15, 0.2) is 90.0 Å². The van der Waals surface area contributed by atoms with Gasteiger partial charge in [-0.3, -0.25) is 9.59 Å². The monoisotopic (exact) mass is 387 g/mol. The zero-order chi connectivity index (χ0) is 20.1. The fraction of sp³-hybridized carbons (Fsp3) is 0.0476. The summed E-state index contributed by atoms with van der Waals surface area (Å²) in [6, 6.07) is 21.0. The molecular weight excluding hydrogens is 370 g/mol. The topological polar surface area (TPSA) is 91.0 Å². The summed E-state index contributed by atoms with van der Waals surface area (Å²) in [4.78, 5) is 24.4. The smallest absolute Gasteiger partial charge is 0.267 e. The van der Waals surface area contributed by atoms with E-state index in [0.29, 0.717) is 17.3 Å². The molecule has 0 aliphatic heterocycles. The number of hydrogen-bond acceptors (Lipinski definition) is 5. The van der Waals surface area contributed by atoms with Gasteiger partial charge in [-0.1, -0.05) is 18.2 Å². The predicted octanol–water partition coefficient (Wildman–Crippen LogP) is 2.86. The number of nitrogens with zero attached hydrogens (tertiary/aromatic N) is 4. The molecule has 0 spiro atoms. The van der Waals surface area contributed by atoms with E-state index in [1.807, 2.05) is 30.3 Å². The molecule has 8 nitrogen and oxygen atoms in total. The Morgan fingerprint density at radius 2 is 1.69 bits per heavy atom. The van der Waals surface area contributed by atoms with E-state index < -0.39 is 0 Å². The molecule has 0 aliphatic carbocycles. The summed E-state index contributed by atoms with van der Waals surface area (Å²) in [6.07, 6.45) is 3.31. The quantitative estimate of drug-likeness (QED) is 0.549. The Morgan fingerprint density at radius 1 is 0.931 bits per heavy atom. The highest BCUT2D eigenvalue weighted by Gasteiger charge is 2.09. The van der Waals surface area contributed by atoms with E-state index in [4.69, 9.17) is 4.74 Å². The summed E-state index contributed by atoms with van der Waals surface area (Å²) < 4.78 is 8.33. The van der Waals surface area contributed by atoms with Gasteiger partial charge in [0.05, 0.1) is 0 Å². The van der Waals surface area contributed by atoms with Gasteiger partial charge in [0, 0.05) is 24.1 Å². The molecular formula is C21H17N5O3. The largest absolute Gasteiger partial charge is 0.457 e. The number of para-hydroxylation sites is 1. The predicted molar refractivity (Wildman–Crippen MR) is 107 cm³/mol. The third-order valence-corrected chi connectivity index (χ3v) is 4.00. The van der Waals surface area contributed by atoms with Gasteiger partial charge >= 0.3 is 0 Å². The van der Waals surface area contributed by atoms with Gasteiger partial charge in [-0.2, -0.15) is 5.10 Å². The summed E-state index contributed by atoms with van der Waals surface area (Å²) in [7, 11) is 0. The summed E-state index contributed by atoms with van der Waals surface area (Å²) in [5, 5.41) is 11.0. The minimum absolute atomic E-state index is 0.212. The molecule has 2 aromatic carbocycles. The standard InChI is InChI=1S/C21H17N5O3/c27-20(15-26-21(28)12-11-19(24-26)25-14-4-13-22-25)23-16-7-9-18(10-8-16)29-17-5-2-1-3-6-17/h1-14H,15H2,(H,23,27). The minimum Gasteiger partial charge on any atom is -0.457 e. The van der Waals surface area contributed by atoms with Crippen molar-refractivity contribution in [3.63, 3.8) is 0 Å². The molecule has 2 aromatic heterocycles. The van der Waals surface area contributed by atoms with Crippen molar-refractivity contribution in [3.8, 4) is 17.3 Å². The van der Waals surface area contributed by atoms with Crippen LogP contribution >= 0.6 is 0 Å². The summed E-state index contributed by atoms with van der Waals surface area (Å²) in [6.45, 7) is -0.212. The first kappa shape index (κ1) is 18.2. The molecule has 0 saturated carbocycles. The summed E-state index contributed by atoms with van der Waals surface area (Å²) >= 11 is 0. The number of amides is 1. The number of nitrogens with one attached hydrogen (secondary N) is 1. The van der Waals surface area contributed by atoms with Crippen molar-refractivity contribution in [1.82, 2.24) is 19.6 Å². The maximum Gasteiger partial charge on any atom is 0.267 e. The molecule has 0 saturated heterocycles. The molecule has 0 radical (unpaired) electrons. The third kappa shape index (κ3) is 4.56. The van der Waals surface area contributed by atoms with E-state index in [2.05, 4.69) is 15.5 Å². The van der Waals surface area contributed by atoms with Crippen molar-refractivity contribution in [2.24, 2.45) is 0 Å². The number of carbonyl (C=O) groups is 1. The Bertz CT molecular complexity index is 1150. The maximum atomic E-state index is 12.3. The lowest BCUT2D eigenvalue weighted by Crippen LogP contribution is -2.30. The highest BCUT2D eigenvalue weighted by molar-refractivity contribution is 5.90. The van der Waals surface area contributed by atoms with E-state index in [-0.39, 0.29) is 18.0 Å². The fourth-order valence-corrected chi connectivity index (χ4v) is 2.65. The molecule has 144 valence electrons. The Balaban J connectivity index is 1.41. The lowest BCUT2D eigenvalue weighted by molar-refractivity contribution is -0.117. The van der Waals surface area contributed by atoms with Crippen molar-refractivity contribution in [1.29, 1.82) is 0 Å². The minimum atomic E-state index is -0.373. The molecule has 2 heterocycles. The molecule has 8 heteroatoms. The Hall–Kier alpha value is -4.20. The van der Waals surface area contributed by atoms with Gasteiger partial charge in [-0.05, 0) is 48.5 Å². The molecule has 1 N–H and O–H groups in total. The number of ether oxygens (including phenoxy) is 1. The molecule has 29 heavy (non-hydrogen) atoms. The molecule has 0 fully saturated rings. The van der Waals surface area contributed by atoms with E-state index in [1.54, 1.807) is 48.8 Å². The van der Waals surface area contributed by atoms with Crippen LogP contribution in [-0.4, -0.2) is 25.5 Å². The first-order valence-corrected chi connectivity index (χ1v) is 8.88. The van der Waals surface area contributed by atoms with Gasteiger partial charge in [-0.15, -0.1) is 5.10 Å². The zero-order valence-electron chi connectivity index (χ0n) is 15.3. The van der Waals surface area contributed by atoms with Crippen molar-refractivity contribution >= 4 is 11.6 Å². The van der Waals surface area contributed by atoms with Gasteiger partial charge < -0.3 is 10.1 Å². The van der Waals surface area contributed by atoms with Crippen molar-refractivity contribution < 1.29 is 9.53 Å². The zero-order valence-corrected chi connectivity index (χ0v) is 15.3. The number of anilines is 1. The van der Waals surface area contributed by atoms with Gasteiger partial charge in [0.15, 0.2) is 5.82 Å². The lowest BCUT2D eigenvalue weighted by atomic mass is 10.3. The number of benzene rings is 2. The van der Waals surface area contributed by atoms with Gasteiger partial charge in [0.2, 0.25) is 5.91 Å². The van der Waals surface area contributed by atoms with Crippen LogP contribution in [0.1, 0.15) is 0 Å². The molecule has 0 unspecified atom stereocenters. The second kappa shape index (κ2) is 8.22. The highest BCUT2D eigenvalue weighted by Crippen LogP contribution is 2.22. The van der Waals surface area contributed by atoms with Crippen LogP contribution < -0.4 is 15.6 Å². The van der Waals surface area contributed by atoms with Gasteiger partial charge in [0.25, 0.3) is 5.56 Å². The van der Waals surface area contributed by atoms with Crippen LogP contribution in [0, 0.1) is 0 Å². The third-order valence-electron chi connectivity index (χ3n) is 4.00. The number of aromatic nitrogens is 4. The van der Waals surface area contributed by atoms with Crippen molar-refractivity contribution in [2.45, 2.75) is 6.54 Å². The second-order valence-electron chi connectivity index (χ2n) is 6.13. The van der Waals surface area contributed by atoms with E-state index in [9.17, 15) is 9.59 Å². The molecule has 4 rings (SSSR count). The lowest BCUT2D eigenvalue weighted by Gasteiger charge is -2.09. The van der Waals surface area contributed by atoms with Gasteiger partial charge in [-0.25, -0.2) is 9.36 Å². The SMILES string of the molecule is O=C(Cn1nc(-n2cccn2)ccc1=O)Nc1ccc(Oc2ccccc2)cc1. The van der Waals surface area contributed by atoms with Crippen molar-refractivity contribution in [2.75, 3.05) is 5.32 Å². The highest BCUT2D eigenvalue weighted by atomic mass is 16.5. The maximum absolute atomic E-state index is 12.3. The first-order valence-electron chi connectivity index (χ1n) is 8.88.